The SMILES string of the molecule is COc1ccc(N(C)C2=NN(C)C(Cl)c3ccc(C)cc32)cc1. The molecule has 0 amide bonds. The highest BCUT2D eigenvalue weighted by atomic mass is 35.5. The predicted molar refractivity (Wildman–Crippen MR) is 95.5 cm³/mol. The van der Waals surface area contributed by atoms with Crippen molar-refractivity contribution in [1.29, 1.82) is 0 Å². The largest absolute Gasteiger partial charge is 0.497 e. The van der Waals surface area contributed by atoms with Gasteiger partial charge in [-0.15, -0.1) is 0 Å². The molecule has 3 rings (SSSR count). The Kier molecular flexibility index (Phi) is 4.18. The maximum atomic E-state index is 6.49. The van der Waals surface area contributed by atoms with Gasteiger partial charge in [0.25, 0.3) is 0 Å². The predicted octanol–water partition coefficient (Wildman–Crippen LogP) is 3.98. The molecule has 5 heteroatoms. The molecule has 0 radical (unpaired) electrons. The van der Waals surface area contributed by atoms with Crippen molar-refractivity contribution in [2.24, 2.45) is 5.10 Å². The van der Waals surface area contributed by atoms with Gasteiger partial charge in [0.2, 0.25) is 0 Å². The second-order valence-electron chi connectivity index (χ2n) is 5.68. The van der Waals surface area contributed by atoms with Gasteiger partial charge < -0.3 is 9.64 Å². The Bertz CT molecular complexity index is 742. The average molecular weight is 330 g/mol. The van der Waals surface area contributed by atoms with Crippen molar-refractivity contribution < 1.29 is 4.74 Å². The van der Waals surface area contributed by atoms with E-state index in [9.17, 15) is 0 Å². The maximum Gasteiger partial charge on any atom is 0.160 e. The van der Waals surface area contributed by atoms with Gasteiger partial charge in [0.05, 0.1) is 7.11 Å². The van der Waals surface area contributed by atoms with Crippen LogP contribution < -0.4 is 9.64 Å². The van der Waals surface area contributed by atoms with Gasteiger partial charge in [-0.05, 0) is 37.3 Å². The number of aryl methyl sites for hydroxylation is 1. The van der Waals surface area contributed by atoms with Crippen molar-refractivity contribution in [2.45, 2.75) is 12.4 Å². The van der Waals surface area contributed by atoms with E-state index < -0.39 is 0 Å². The van der Waals surface area contributed by atoms with Gasteiger partial charge in [-0.1, -0.05) is 29.3 Å². The fourth-order valence-electron chi connectivity index (χ4n) is 2.70. The monoisotopic (exact) mass is 329 g/mol. The first-order valence-electron chi connectivity index (χ1n) is 7.45. The number of halogens is 1. The minimum absolute atomic E-state index is 0.251. The smallest absolute Gasteiger partial charge is 0.160 e. The van der Waals surface area contributed by atoms with Crippen molar-refractivity contribution in [3.05, 3.63) is 59.2 Å². The second kappa shape index (κ2) is 6.13. The van der Waals surface area contributed by atoms with Gasteiger partial charge >= 0.3 is 0 Å². The quantitative estimate of drug-likeness (QED) is 0.616. The number of rotatable bonds is 2. The molecule has 120 valence electrons. The van der Waals surface area contributed by atoms with Crippen molar-refractivity contribution in [2.75, 3.05) is 26.1 Å². The summed E-state index contributed by atoms with van der Waals surface area (Å²) in [5.41, 5.74) is 4.12. The first-order valence-corrected chi connectivity index (χ1v) is 7.89. The molecule has 2 aromatic rings. The summed E-state index contributed by atoms with van der Waals surface area (Å²) in [6.07, 6.45) is 0. The molecule has 0 fully saturated rings. The van der Waals surface area contributed by atoms with Gasteiger partial charge in [0.15, 0.2) is 5.84 Å². The highest BCUT2D eigenvalue weighted by Gasteiger charge is 2.27. The molecular weight excluding hydrogens is 310 g/mol. The number of ether oxygens (including phenoxy) is 1. The summed E-state index contributed by atoms with van der Waals surface area (Å²) in [4.78, 5) is 2.07. The zero-order valence-electron chi connectivity index (χ0n) is 13.7. The molecule has 0 bridgehead atoms. The summed E-state index contributed by atoms with van der Waals surface area (Å²) in [6, 6.07) is 14.2. The molecule has 0 aliphatic carbocycles. The normalized spacial score (nSPS) is 16.7. The molecule has 0 N–H and O–H groups in total. The molecule has 1 aliphatic heterocycles. The molecular formula is C18H20ClN3O. The highest BCUT2D eigenvalue weighted by molar-refractivity contribution is 6.22. The van der Waals surface area contributed by atoms with Gasteiger partial charge in [0, 0.05) is 30.9 Å². The fourth-order valence-corrected chi connectivity index (χ4v) is 2.94. The van der Waals surface area contributed by atoms with Crippen molar-refractivity contribution >= 4 is 23.1 Å². The van der Waals surface area contributed by atoms with Crippen LogP contribution in [-0.4, -0.2) is 32.0 Å². The third-order valence-corrected chi connectivity index (χ3v) is 4.58. The second-order valence-corrected chi connectivity index (χ2v) is 6.09. The number of fused-ring (bicyclic) bond motifs is 1. The summed E-state index contributed by atoms with van der Waals surface area (Å²) in [5, 5.41) is 6.46. The number of anilines is 1. The lowest BCUT2D eigenvalue weighted by Crippen LogP contribution is -2.35. The van der Waals surface area contributed by atoms with Crippen molar-refractivity contribution in [1.82, 2.24) is 5.01 Å². The van der Waals surface area contributed by atoms with E-state index in [4.69, 9.17) is 16.3 Å². The molecule has 0 saturated heterocycles. The van der Waals surface area contributed by atoms with Crippen molar-refractivity contribution in [3.8, 4) is 5.75 Å². The van der Waals surface area contributed by atoms with Crippen LogP contribution in [0.5, 0.6) is 5.75 Å². The van der Waals surface area contributed by atoms with Crippen LogP contribution >= 0.6 is 11.6 Å². The molecule has 1 atom stereocenters. The summed E-state index contributed by atoms with van der Waals surface area (Å²) >= 11 is 6.49. The molecule has 1 unspecified atom stereocenters. The summed E-state index contributed by atoms with van der Waals surface area (Å²) < 4.78 is 5.22. The van der Waals surface area contributed by atoms with Crippen LogP contribution in [0.2, 0.25) is 0 Å². The highest BCUT2D eigenvalue weighted by Crippen LogP contribution is 2.34. The topological polar surface area (TPSA) is 28.1 Å². The van der Waals surface area contributed by atoms with E-state index in [-0.39, 0.29) is 5.50 Å². The number of methoxy groups -OCH3 is 1. The van der Waals surface area contributed by atoms with Crippen LogP contribution in [0.25, 0.3) is 0 Å². The van der Waals surface area contributed by atoms with Crippen LogP contribution in [0, 0.1) is 6.92 Å². The van der Waals surface area contributed by atoms with Crippen LogP contribution in [0.3, 0.4) is 0 Å². The van der Waals surface area contributed by atoms with E-state index in [0.29, 0.717) is 0 Å². The first-order chi connectivity index (χ1) is 11.0. The molecule has 1 heterocycles. The molecule has 0 saturated carbocycles. The molecule has 0 aromatic heterocycles. The van der Waals surface area contributed by atoms with E-state index in [1.165, 1.54) is 5.56 Å². The standard InChI is InChI=1S/C18H20ClN3O/c1-12-5-10-15-16(11-12)18(20-22(3)17(15)19)21(2)13-6-8-14(23-4)9-7-13/h5-11,17H,1-4H3. The van der Waals surface area contributed by atoms with E-state index in [2.05, 4.69) is 35.1 Å². The number of hydrogen-bond acceptors (Lipinski definition) is 4. The minimum atomic E-state index is -0.251. The summed E-state index contributed by atoms with van der Waals surface area (Å²) in [6.45, 7) is 2.08. The number of hydrogen-bond donors (Lipinski definition) is 0. The number of amidine groups is 1. The summed E-state index contributed by atoms with van der Waals surface area (Å²) in [7, 11) is 5.57. The lowest BCUT2D eigenvalue weighted by molar-refractivity contribution is 0.324. The Morgan fingerprint density at radius 1 is 1.17 bits per heavy atom. The minimum Gasteiger partial charge on any atom is -0.497 e. The van der Waals surface area contributed by atoms with E-state index in [1.807, 2.05) is 38.4 Å². The Hall–Kier alpha value is -2.20. The van der Waals surface area contributed by atoms with Crippen LogP contribution in [0.1, 0.15) is 22.2 Å². The van der Waals surface area contributed by atoms with Gasteiger partial charge in [0.1, 0.15) is 11.3 Å². The Labute approximate surface area is 141 Å². The third-order valence-electron chi connectivity index (χ3n) is 4.06. The van der Waals surface area contributed by atoms with Crippen molar-refractivity contribution in [3.63, 3.8) is 0 Å². The van der Waals surface area contributed by atoms with Gasteiger partial charge in [-0.3, -0.25) is 5.01 Å². The maximum absolute atomic E-state index is 6.49. The molecule has 0 spiro atoms. The zero-order chi connectivity index (χ0) is 16.6. The molecule has 4 nitrogen and oxygen atoms in total. The molecule has 1 aliphatic rings. The van der Waals surface area contributed by atoms with E-state index in [0.717, 1.165) is 28.4 Å². The lowest BCUT2D eigenvalue weighted by Gasteiger charge is -2.33. The zero-order valence-corrected chi connectivity index (χ0v) is 14.5. The lowest BCUT2D eigenvalue weighted by atomic mass is 10.0. The first kappa shape index (κ1) is 15.7. The fraction of sp³-hybridized carbons (Fsp3) is 0.278. The number of hydrazone groups is 1. The van der Waals surface area contributed by atoms with E-state index in [1.54, 1.807) is 12.1 Å². The van der Waals surface area contributed by atoms with Gasteiger partial charge in [-0.2, -0.15) is 5.10 Å². The number of alkyl halides is 1. The Balaban J connectivity index is 2.03. The van der Waals surface area contributed by atoms with Gasteiger partial charge in [-0.25, -0.2) is 0 Å². The molecule has 23 heavy (non-hydrogen) atoms. The Morgan fingerprint density at radius 3 is 2.52 bits per heavy atom. The molecule has 2 aromatic carbocycles. The van der Waals surface area contributed by atoms with Crippen LogP contribution in [0.15, 0.2) is 47.6 Å². The summed E-state index contributed by atoms with van der Waals surface area (Å²) in [5.74, 6) is 1.72. The average Bonchev–Trinajstić information content (AvgIpc) is 2.57. The van der Waals surface area contributed by atoms with Crippen LogP contribution in [0.4, 0.5) is 5.69 Å². The van der Waals surface area contributed by atoms with E-state index >= 15 is 0 Å². The third kappa shape index (κ3) is 2.86. The number of nitrogens with zero attached hydrogens (tertiary/aromatic N) is 3. The van der Waals surface area contributed by atoms with Crippen LogP contribution in [-0.2, 0) is 0 Å². The number of benzene rings is 2. The Morgan fingerprint density at radius 2 is 1.87 bits per heavy atom.